The summed E-state index contributed by atoms with van der Waals surface area (Å²) in [6.45, 7) is 3.96. The Morgan fingerprint density at radius 3 is 2.59 bits per heavy atom. The Morgan fingerprint density at radius 1 is 1.29 bits per heavy atom. The molecule has 0 heterocycles. The van der Waals surface area contributed by atoms with Crippen molar-refractivity contribution >= 4 is 16.6 Å². The largest absolute Gasteiger partial charge is 0.396 e. The molecular weight excluding hydrogens is 236 g/mol. The molecule has 17 heavy (non-hydrogen) atoms. The lowest BCUT2D eigenvalue weighted by molar-refractivity contribution is 0.102. The van der Waals surface area contributed by atoms with Crippen molar-refractivity contribution in [3.05, 3.63) is 34.9 Å². The fraction of sp³-hybridized carbons (Fsp3) is 0.462. The lowest BCUT2D eigenvalue weighted by Gasteiger charge is -2.04. The molecule has 1 aromatic carbocycles. The highest BCUT2D eigenvalue weighted by atomic mass is 32.2. The lowest BCUT2D eigenvalue weighted by Crippen LogP contribution is -2.14. The van der Waals surface area contributed by atoms with Crippen LogP contribution in [0, 0.1) is 13.8 Å². The van der Waals surface area contributed by atoms with Gasteiger partial charge in [-0.3, -0.25) is 9.00 Å². The molecule has 1 aromatic rings. The number of carbonyl (C=O) groups is 1. The summed E-state index contributed by atoms with van der Waals surface area (Å²) in [5, 5.41) is 8.61. The van der Waals surface area contributed by atoms with Crippen molar-refractivity contribution in [1.29, 1.82) is 0 Å². The van der Waals surface area contributed by atoms with E-state index in [4.69, 9.17) is 5.11 Å². The number of hydrogen-bond donors (Lipinski definition) is 1. The van der Waals surface area contributed by atoms with Crippen LogP contribution >= 0.6 is 0 Å². The van der Waals surface area contributed by atoms with Gasteiger partial charge >= 0.3 is 0 Å². The van der Waals surface area contributed by atoms with E-state index in [1.165, 1.54) is 0 Å². The topological polar surface area (TPSA) is 54.4 Å². The number of aliphatic hydroxyl groups is 1. The van der Waals surface area contributed by atoms with Crippen LogP contribution in [0.5, 0.6) is 0 Å². The fourth-order valence-electron chi connectivity index (χ4n) is 1.44. The molecule has 0 aliphatic carbocycles. The molecule has 0 fully saturated rings. The van der Waals surface area contributed by atoms with Gasteiger partial charge < -0.3 is 5.11 Å². The molecule has 0 aromatic heterocycles. The molecular formula is C13H18O3S. The third-order valence-corrected chi connectivity index (χ3v) is 3.98. The van der Waals surface area contributed by atoms with E-state index in [1.807, 2.05) is 26.0 Å². The van der Waals surface area contributed by atoms with Crippen LogP contribution in [0.3, 0.4) is 0 Å². The Hall–Kier alpha value is -1.00. The van der Waals surface area contributed by atoms with Crippen LogP contribution in [0.1, 0.15) is 27.9 Å². The average molecular weight is 254 g/mol. The SMILES string of the molecule is Cc1ccc(C(=O)CS(=O)CCCO)cc1C. The minimum absolute atomic E-state index is 0.0174. The van der Waals surface area contributed by atoms with Crippen LogP contribution in [0.15, 0.2) is 18.2 Å². The van der Waals surface area contributed by atoms with Crippen LogP contribution in [0.25, 0.3) is 0 Å². The second-order valence-corrected chi connectivity index (χ2v) is 5.66. The molecule has 0 amide bonds. The van der Waals surface area contributed by atoms with E-state index in [2.05, 4.69) is 0 Å². The highest BCUT2D eigenvalue weighted by Gasteiger charge is 2.10. The molecule has 0 aliphatic rings. The molecule has 0 aliphatic heterocycles. The summed E-state index contributed by atoms with van der Waals surface area (Å²) < 4.78 is 11.5. The van der Waals surface area contributed by atoms with Gasteiger partial charge in [-0.05, 0) is 37.5 Å². The summed E-state index contributed by atoms with van der Waals surface area (Å²) in [6, 6.07) is 5.51. The fourth-order valence-corrected chi connectivity index (χ4v) is 2.50. The minimum Gasteiger partial charge on any atom is -0.396 e. The van der Waals surface area contributed by atoms with Crippen molar-refractivity contribution in [3.63, 3.8) is 0 Å². The van der Waals surface area contributed by atoms with Gasteiger partial charge in [-0.1, -0.05) is 12.1 Å². The first-order chi connectivity index (χ1) is 8.04. The second kappa shape index (κ2) is 6.67. The molecule has 1 atom stereocenters. The van der Waals surface area contributed by atoms with Gasteiger partial charge in [0.2, 0.25) is 0 Å². The first-order valence-corrected chi connectivity index (χ1v) is 7.09. The van der Waals surface area contributed by atoms with Gasteiger partial charge in [-0.2, -0.15) is 0 Å². The molecule has 1 rings (SSSR count). The maximum Gasteiger partial charge on any atom is 0.175 e. The standard InChI is InChI=1S/C13H18O3S/c1-10-4-5-12(8-11(10)2)13(15)9-17(16)7-3-6-14/h4-5,8,14H,3,6-7,9H2,1-2H3. The van der Waals surface area contributed by atoms with Crippen LogP contribution in [-0.4, -0.2) is 33.2 Å². The number of rotatable bonds is 6. The van der Waals surface area contributed by atoms with E-state index in [-0.39, 0.29) is 18.1 Å². The first-order valence-electron chi connectivity index (χ1n) is 5.61. The summed E-state index contributed by atoms with van der Waals surface area (Å²) in [4.78, 5) is 11.8. The zero-order chi connectivity index (χ0) is 12.8. The third kappa shape index (κ3) is 4.40. The maximum absolute atomic E-state index is 11.8. The highest BCUT2D eigenvalue weighted by Crippen LogP contribution is 2.10. The van der Waals surface area contributed by atoms with Gasteiger partial charge in [0.25, 0.3) is 0 Å². The maximum atomic E-state index is 11.8. The van der Waals surface area contributed by atoms with Gasteiger partial charge in [0.1, 0.15) is 0 Å². The molecule has 0 radical (unpaired) electrons. The normalized spacial score (nSPS) is 12.4. The lowest BCUT2D eigenvalue weighted by atomic mass is 10.0. The van der Waals surface area contributed by atoms with E-state index in [0.29, 0.717) is 17.7 Å². The summed E-state index contributed by atoms with van der Waals surface area (Å²) >= 11 is 0. The molecule has 4 heteroatoms. The number of ketones is 1. The molecule has 0 bridgehead atoms. The number of hydrogen-bond acceptors (Lipinski definition) is 3. The van der Waals surface area contributed by atoms with Gasteiger partial charge in [-0.15, -0.1) is 0 Å². The highest BCUT2D eigenvalue weighted by molar-refractivity contribution is 7.85. The number of aliphatic hydroxyl groups excluding tert-OH is 1. The van der Waals surface area contributed by atoms with E-state index in [1.54, 1.807) is 6.07 Å². The molecule has 1 unspecified atom stereocenters. The molecule has 3 nitrogen and oxygen atoms in total. The van der Waals surface area contributed by atoms with Crippen LogP contribution in [-0.2, 0) is 10.8 Å². The van der Waals surface area contributed by atoms with E-state index >= 15 is 0 Å². The van der Waals surface area contributed by atoms with Gasteiger partial charge in [0.05, 0.1) is 5.75 Å². The Balaban J connectivity index is 2.63. The Bertz CT molecular complexity index is 427. The molecule has 0 saturated heterocycles. The molecule has 0 spiro atoms. The number of aryl methyl sites for hydroxylation is 2. The van der Waals surface area contributed by atoms with Crippen LogP contribution in [0.2, 0.25) is 0 Å². The van der Waals surface area contributed by atoms with Gasteiger partial charge in [0, 0.05) is 28.7 Å². The van der Waals surface area contributed by atoms with Gasteiger partial charge in [-0.25, -0.2) is 0 Å². The van der Waals surface area contributed by atoms with Crippen molar-refractivity contribution in [3.8, 4) is 0 Å². The zero-order valence-electron chi connectivity index (χ0n) is 10.2. The van der Waals surface area contributed by atoms with Gasteiger partial charge in [0.15, 0.2) is 5.78 Å². The molecule has 0 saturated carbocycles. The monoisotopic (exact) mass is 254 g/mol. The molecule has 1 N–H and O–H groups in total. The third-order valence-electron chi connectivity index (χ3n) is 2.65. The van der Waals surface area contributed by atoms with E-state index in [9.17, 15) is 9.00 Å². The quantitative estimate of drug-likeness (QED) is 0.785. The predicted molar refractivity (Wildman–Crippen MR) is 69.8 cm³/mol. The minimum atomic E-state index is -1.17. The number of Topliss-reactive ketones (excluding diaryl/α,β-unsaturated/α-hetero) is 1. The summed E-state index contributed by atoms with van der Waals surface area (Å²) in [7, 11) is -1.17. The smallest absolute Gasteiger partial charge is 0.175 e. The second-order valence-electron chi connectivity index (χ2n) is 4.09. The first kappa shape index (κ1) is 14.1. The van der Waals surface area contributed by atoms with Crippen molar-refractivity contribution < 1.29 is 14.1 Å². The summed E-state index contributed by atoms with van der Waals surface area (Å²) in [5.41, 5.74) is 2.82. The Kier molecular flexibility index (Phi) is 5.51. The van der Waals surface area contributed by atoms with Crippen LogP contribution in [0.4, 0.5) is 0 Å². The van der Waals surface area contributed by atoms with Crippen molar-refractivity contribution in [1.82, 2.24) is 0 Å². The molecule has 94 valence electrons. The van der Waals surface area contributed by atoms with Crippen LogP contribution < -0.4 is 0 Å². The van der Waals surface area contributed by atoms with E-state index in [0.717, 1.165) is 11.1 Å². The Labute approximate surface area is 104 Å². The summed E-state index contributed by atoms with van der Waals surface area (Å²) in [6.07, 6.45) is 0.479. The van der Waals surface area contributed by atoms with E-state index < -0.39 is 10.8 Å². The van der Waals surface area contributed by atoms with Crippen molar-refractivity contribution in [2.24, 2.45) is 0 Å². The number of benzene rings is 1. The summed E-state index contributed by atoms with van der Waals surface area (Å²) in [5.74, 6) is 0.333. The predicted octanol–water partition coefficient (Wildman–Crippen LogP) is 1.62. The van der Waals surface area contributed by atoms with Crippen molar-refractivity contribution in [2.45, 2.75) is 20.3 Å². The van der Waals surface area contributed by atoms with Crippen molar-refractivity contribution in [2.75, 3.05) is 18.1 Å². The number of carbonyl (C=O) groups excluding carboxylic acids is 1. The Morgan fingerprint density at radius 2 is 2.00 bits per heavy atom. The zero-order valence-corrected chi connectivity index (χ0v) is 11.0. The average Bonchev–Trinajstić information content (AvgIpc) is 2.30.